The highest BCUT2D eigenvalue weighted by molar-refractivity contribution is 6.70. The van der Waals surface area contributed by atoms with Crippen molar-refractivity contribution in [1.29, 1.82) is 0 Å². The molecule has 0 fully saturated rings. The van der Waals surface area contributed by atoms with Gasteiger partial charge in [-0.15, -0.1) is 0 Å². The lowest BCUT2D eigenvalue weighted by atomic mass is 9.90. The Labute approximate surface area is 141 Å². The Morgan fingerprint density at radius 2 is 1.32 bits per heavy atom. The summed E-state index contributed by atoms with van der Waals surface area (Å²) in [6.45, 7) is 0. The second kappa shape index (κ2) is 6.38. The van der Waals surface area contributed by atoms with Crippen molar-refractivity contribution in [1.82, 2.24) is 0 Å². The van der Waals surface area contributed by atoms with Gasteiger partial charge < -0.3 is 5.21 Å². The molecule has 0 aliphatic heterocycles. The van der Waals surface area contributed by atoms with Crippen molar-refractivity contribution in [3.05, 3.63) is 33.8 Å². The van der Waals surface area contributed by atoms with Gasteiger partial charge in [0.05, 0.1) is 10.6 Å². The number of nitrogens with zero attached hydrogens (tertiary/aromatic N) is 1. The highest BCUT2D eigenvalue weighted by Crippen LogP contribution is 2.54. The number of benzene rings is 1. The molecule has 0 spiro atoms. The van der Waals surface area contributed by atoms with Crippen molar-refractivity contribution in [2.24, 2.45) is 5.16 Å². The molecule has 0 aromatic heterocycles. The molecule has 0 bridgehead atoms. The first kappa shape index (κ1) is 21.6. The number of hydrogen-bond donors (Lipinski definition) is 1. The Kier molecular flexibility index (Phi) is 5.52. The number of alkyl halides is 10. The molecule has 14 heteroatoms. The maximum absolute atomic E-state index is 13.9. The lowest BCUT2D eigenvalue weighted by molar-refractivity contribution is -0.348. The summed E-state index contributed by atoms with van der Waals surface area (Å²) in [7, 11) is 0. The molecule has 0 atom stereocenters. The van der Waals surface area contributed by atoms with E-state index < -0.39 is 57.1 Å². The lowest BCUT2D eigenvalue weighted by Gasteiger charge is -2.31. The average molecular weight is 426 g/mol. The molecule has 0 heterocycles. The van der Waals surface area contributed by atoms with Gasteiger partial charge in [-0.05, 0) is 12.1 Å². The monoisotopic (exact) mass is 425 g/mol. The normalized spacial score (nSPS) is 14.8. The molecule has 1 aromatic carbocycles. The van der Waals surface area contributed by atoms with Gasteiger partial charge in [0.15, 0.2) is 5.17 Å². The van der Waals surface area contributed by atoms with Gasteiger partial charge in [0.1, 0.15) is 0 Å². The van der Waals surface area contributed by atoms with Gasteiger partial charge in [0.2, 0.25) is 0 Å². The molecule has 0 unspecified atom stereocenters. The summed E-state index contributed by atoms with van der Waals surface area (Å²) in [6, 6.07) is -1.09. The third-order valence-corrected chi connectivity index (χ3v) is 3.43. The van der Waals surface area contributed by atoms with Crippen LogP contribution in [0.5, 0.6) is 0 Å². The zero-order valence-corrected chi connectivity index (χ0v) is 12.6. The Hall–Kier alpha value is -1.43. The van der Waals surface area contributed by atoms with E-state index in [1.807, 2.05) is 0 Å². The molecule has 1 rings (SSSR count). The third kappa shape index (κ3) is 3.73. The maximum Gasteiger partial charge on any atom is 0.435 e. The molecule has 1 N–H and O–H groups in total. The lowest BCUT2D eigenvalue weighted by Crippen LogP contribution is -2.50. The Morgan fingerprint density at radius 3 is 1.64 bits per heavy atom. The van der Waals surface area contributed by atoms with Crippen molar-refractivity contribution in [3.8, 4) is 0 Å². The fraction of sp³-hybridized carbons (Fsp3) is 0.364. The Balaban J connectivity index is 3.95. The molecule has 0 radical (unpaired) electrons. The summed E-state index contributed by atoms with van der Waals surface area (Å²) < 4.78 is 129. The second-order valence-electron chi connectivity index (χ2n) is 4.42. The topological polar surface area (TPSA) is 32.6 Å². The first-order valence-corrected chi connectivity index (χ1v) is 6.35. The van der Waals surface area contributed by atoms with E-state index in [2.05, 4.69) is 5.16 Å². The van der Waals surface area contributed by atoms with E-state index in [0.29, 0.717) is 0 Å². The summed E-state index contributed by atoms with van der Waals surface area (Å²) in [4.78, 5) is 0. The van der Waals surface area contributed by atoms with Crippen LogP contribution in [0.25, 0.3) is 0 Å². The van der Waals surface area contributed by atoms with Crippen molar-refractivity contribution < 1.29 is 49.1 Å². The maximum atomic E-state index is 13.9. The van der Waals surface area contributed by atoms with Crippen molar-refractivity contribution in [2.45, 2.75) is 24.2 Å². The third-order valence-electron chi connectivity index (χ3n) is 2.87. The summed E-state index contributed by atoms with van der Waals surface area (Å²) in [5.41, 5.74) is -12.3. The summed E-state index contributed by atoms with van der Waals surface area (Å²) in [6.07, 6.45) is -18.9. The van der Waals surface area contributed by atoms with Crippen LogP contribution in [0.15, 0.2) is 17.3 Å². The molecule has 2 nitrogen and oxygen atoms in total. The molecule has 1 aromatic rings. The number of oxime groups is 1. The predicted molar refractivity (Wildman–Crippen MR) is 65.5 cm³/mol. The molecule has 0 amide bonds. The van der Waals surface area contributed by atoms with Crippen LogP contribution < -0.4 is 0 Å². The van der Waals surface area contributed by atoms with Crippen LogP contribution >= 0.6 is 23.2 Å². The van der Waals surface area contributed by atoms with Gasteiger partial charge in [0, 0.05) is 11.1 Å². The van der Waals surface area contributed by atoms with E-state index in [0.717, 1.165) is 0 Å². The standard InChI is InChI=1S/C11H3Cl2F10NO/c12-5-2-3(8(14,10(18,19)20)11(21,22)23)1-4(9(15,16)17)6(5)7(13)24-25/h1-2,25H/b24-7-. The minimum atomic E-state index is -6.65. The Bertz CT molecular complexity index is 678. The minimum absolute atomic E-state index is 0.333. The second-order valence-corrected chi connectivity index (χ2v) is 5.19. The van der Waals surface area contributed by atoms with Crippen molar-refractivity contribution in [2.75, 3.05) is 0 Å². The fourth-order valence-corrected chi connectivity index (χ4v) is 2.34. The van der Waals surface area contributed by atoms with Crippen molar-refractivity contribution in [3.63, 3.8) is 0 Å². The van der Waals surface area contributed by atoms with Gasteiger partial charge in [0.25, 0.3) is 0 Å². The smallest absolute Gasteiger partial charge is 0.410 e. The first-order valence-electron chi connectivity index (χ1n) is 5.60. The van der Waals surface area contributed by atoms with Crippen molar-refractivity contribution >= 4 is 28.4 Å². The highest BCUT2D eigenvalue weighted by atomic mass is 35.5. The van der Waals surface area contributed by atoms with E-state index in [-0.39, 0.29) is 6.07 Å². The highest BCUT2D eigenvalue weighted by Gasteiger charge is 2.73. The molecule has 0 saturated heterocycles. The number of rotatable bonds is 2. The molecule has 0 aliphatic rings. The molecule has 0 saturated carbocycles. The van der Waals surface area contributed by atoms with Gasteiger partial charge in [-0.2, -0.15) is 39.5 Å². The molecule has 0 aliphatic carbocycles. The number of hydrogen-bond acceptors (Lipinski definition) is 2. The largest absolute Gasteiger partial charge is 0.435 e. The summed E-state index contributed by atoms with van der Waals surface area (Å²) >= 11 is 10.4. The van der Waals surface area contributed by atoms with Gasteiger partial charge >= 0.3 is 24.2 Å². The van der Waals surface area contributed by atoms with Crippen LogP contribution in [0.1, 0.15) is 16.7 Å². The zero-order chi connectivity index (χ0) is 20.0. The van der Waals surface area contributed by atoms with Gasteiger partial charge in [-0.3, -0.25) is 0 Å². The van der Waals surface area contributed by atoms with Crippen LogP contribution in [0, 0.1) is 0 Å². The van der Waals surface area contributed by atoms with Gasteiger partial charge in [-0.25, -0.2) is 4.39 Å². The van der Waals surface area contributed by atoms with E-state index in [1.165, 1.54) is 0 Å². The van der Waals surface area contributed by atoms with Gasteiger partial charge in [-0.1, -0.05) is 28.4 Å². The quantitative estimate of drug-likeness (QED) is 0.267. The van der Waals surface area contributed by atoms with Crippen LogP contribution in [0.2, 0.25) is 5.02 Å². The summed E-state index contributed by atoms with van der Waals surface area (Å²) in [5.74, 6) is 0. The van der Waals surface area contributed by atoms with Crippen LogP contribution in [-0.4, -0.2) is 22.7 Å². The zero-order valence-electron chi connectivity index (χ0n) is 11.1. The predicted octanol–water partition coefficient (Wildman–Crippen LogP) is 6.02. The average Bonchev–Trinajstić information content (AvgIpc) is 2.41. The SMILES string of the molecule is O/N=C(\Cl)c1c(Cl)cc(C(F)(C(F)(F)F)C(F)(F)F)cc1C(F)(F)F. The summed E-state index contributed by atoms with van der Waals surface area (Å²) in [5, 5.41) is 7.71. The van der Waals surface area contributed by atoms with E-state index >= 15 is 0 Å². The molecular formula is C11H3Cl2F10NO. The van der Waals surface area contributed by atoms with Crippen LogP contribution in [-0.2, 0) is 11.8 Å². The van der Waals surface area contributed by atoms with Crippen LogP contribution in [0.3, 0.4) is 0 Å². The van der Waals surface area contributed by atoms with E-state index in [1.54, 1.807) is 0 Å². The minimum Gasteiger partial charge on any atom is -0.410 e. The Morgan fingerprint density at radius 1 is 0.880 bits per heavy atom. The fourth-order valence-electron chi connectivity index (χ4n) is 1.78. The first-order chi connectivity index (χ1) is 11.0. The molecular weight excluding hydrogens is 423 g/mol. The van der Waals surface area contributed by atoms with E-state index in [4.69, 9.17) is 28.4 Å². The molecule has 142 valence electrons. The van der Waals surface area contributed by atoms with Crippen LogP contribution in [0.4, 0.5) is 43.9 Å². The molecule has 25 heavy (non-hydrogen) atoms. The number of halogens is 12. The van der Waals surface area contributed by atoms with E-state index in [9.17, 15) is 43.9 Å².